The molecule has 3 nitrogen and oxygen atoms in total. The summed E-state index contributed by atoms with van der Waals surface area (Å²) in [5.41, 5.74) is 5.14. The maximum atomic E-state index is 11.5. The SMILES string of the molecule is CCc1sc2nc(C)c(C=O)n2c1-c1ccc(C(C)(C)C)cc1. The molecule has 0 unspecified atom stereocenters. The Morgan fingerprint density at radius 3 is 2.39 bits per heavy atom. The quantitative estimate of drug-likeness (QED) is 0.632. The van der Waals surface area contributed by atoms with Crippen molar-refractivity contribution in [2.45, 2.75) is 46.5 Å². The molecule has 0 fully saturated rings. The van der Waals surface area contributed by atoms with Crippen LogP contribution in [0.4, 0.5) is 0 Å². The van der Waals surface area contributed by atoms with E-state index in [0.717, 1.165) is 34.6 Å². The smallest absolute Gasteiger partial charge is 0.195 e. The summed E-state index contributed by atoms with van der Waals surface area (Å²) < 4.78 is 2.01. The molecule has 3 rings (SSSR count). The highest BCUT2D eigenvalue weighted by atomic mass is 32.1. The number of hydrogen-bond donors (Lipinski definition) is 0. The molecule has 2 aromatic heterocycles. The van der Waals surface area contributed by atoms with Gasteiger partial charge in [0, 0.05) is 4.88 Å². The van der Waals surface area contributed by atoms with Crippen molar-refractivity contribution in [2.75, 3.05) is 0 Å². The Morgan fingerprint density at radius 1 is 1.22 bits per heavy atom. The minimum atomic E-state index is 0.135. The normalized spacial score (nSPS) is 12.0. The summed E-state index contributed by atoms with van der Waals surface area (Å²) in [6.07, 6.45) is 1.84. The van der Waals surface area contributed by atoms with Crippen molar-refractivity contribution in [1.29, 1.82) is 0 Å². The molecule has 23 heavy (non-hydrogen) atoms. The first-order valence-electron chi connectivity index (χ1n) is 7.93. The molecule has 0 bridgehead atoms. The Morgan fingerprint density at radius 2 is 1.87 bits per heavy atom. The number of aldehydes is 1. The van der Waals surface area contributed by atoms with E-state index < -0.39 is 0 Å². The number of aromatic nitrogens is 2. The average molecular weight is 326 g/mol. The number of rotatable bonds is 3. The summed E-state index contributed by atoms with van der Waals surface area (Å²) in [6, 6.07) is 8.68. The van der Waals surface area contributed by atoms with E-state index in [9.17, 15) is 4.79 Å². The van der Waals surface area contributed by atoms with Crippen molar-refractivity contribution in [1.82, 2.24) is 9.38 Å². The Bertz CT molecular complexity index is 864. The predicted molar refractivity (Wildman–Crippen MR) is 96.7 cm³/mol. The van der Waals surface area contributed by atoms with Crippen LogP contribution >= 0.6 is 11.3 Å². The van der Waals surface area contributed by atoms with Gasteiger partial charge < -0.3 is 0 Å². The standard InChI is InChI=1S/C19H22N2OS/c1-6-16-17(13-7-9-14(10-8-13)19(3,4)5)21-15(11-22)12(2)20-18(21)23-16/h7-11H,6H2,1-5H3. The number of nitrogens with zero attached hydrogens (tertiary/aromatic N) is 2. The first-order valence-corrected chi connectivity index (χ1v) is 8.75. The molecular weight excluding hydrogens is 304 g/mol. The second-order valence-electron chi connectivity index (χ2n) is 6.87. The van der Waals surface area contributed by atoms with Crippen LogP contribution in [0.25, 0.3) is 16.2 Å². The van der Waals surface area contributed by atoms with Crippen LogP contribution in [0.5, 0.6) is 0 Å². The third-order valence-corrected chi connectivity index (χ3v) is 5.41. The van der Waals surface area contributed by atoms with Crippen LogP contribution in [0.15, 0.2) is 24.3 Å². The van der Waals surface area contributed by atoms with Gasteiger partial charge in [-0.1, -0.05) is 52.0 Å². The molecule has 0 radical (unpaired) electrons. The predicted octanol–water partition coefficient (Wildman–Crippen LogP) is 5.04. The molecule has 120 valence electrons. The van der Waals surface area contributed by atoms with Gasteiger partial charge in [0.05, 0.1) is 11.4 Å². The van der Waals surface area contributed by atoms with Crippen molar-refractivity contribution < 1.29 is 4.79 Å². The fourth-order valence-corrected chi connectivity index (χ4v) is 4.01. The van der Waals surface area contributed by atoms with Gasteiger partial charge in [0.25, 0.3) is 0 Å². The van der Waals surface area contributed by atoms with Crippen molar-refractivity contribution in [3.63, 3.8) is 0 Å². The summed E-state index contributed by atoms with van der Waals surface area (Å²) in [7, 11) is 0. The summed E-state index contributed by atoms with van der Waals surface area (Å²) in [4.78, 5) is 18.2. The van der Waals surface area contributed by atoms with Gasteiger partial charge in [-0.05, 0) is 29.9 Å². The summed E-state index contributed by atoms with van der Waals surface area (Å²) in [6.45, 7) is 10.7. The molecule has 3 aromatic rings. The van der Waals surface area contributed by atoms with Crippen LogP contribution in [0.3, 0.4) is 0 Å². The molecule has 0 aliphatic carbocycles. The van der Waals surface area contributed by atoms with E-state index in [2.05, 4.69) is 56.9 Å². The van der Waals surface area contributed by atoms with Gasteiger partial charge in [-0.15, -0.1) is 11.3 Å². The van der Waals surface area contributed by atoms with Crippen LogP contribution in [0, 0.1) is 6.92 Å². The number of aryl methyl sites for hydroxylation is 2. The van der Waals surface area contributed by atoms with Crippen LogP contribution < -0.4 is 0 Å². The lowest BCUT2D eigenvalue weighted by Crippen LogP contribution is -2.10. The Labute approximate surface area is 141 Å². The average Bonchev–Trinajstić information content (AvgIpc) is 3.00. The second kappa shape index (κ2) is 5.60. The maximum absolute atomic E-state index is 11.5. The first kappa shape index (κ1) is 15.9. The molecule has 0 aliphatic heterocycles. The lowest BCUT2D eigenvalue weighted by atomic mass is 9.86. The number of imidazole rings is 1. The van der Waals surface area contributed by atoms with E-state index in [1.165, 1.54) is 10.4 Å². The minimum absolute atomic E-state index is 0.135. The highest BCUT2D eigenvalue weighted by molar-refractivity contribution is 7.17. The molecule has 0 saturated carbocycles. The third-order valence-electron chi connectivity index (χ3n) is 4.23. The largest absolute Gasteiger partial charge is 0.296 e. The molecule has 0 amide bonds. The summed E-state index contributed by atoms with van der Waals surface area (Å²) in [5.74, 6) is 0. The molecule has 4 heteroatoms. The Kier molecular flexibility index (Phi) is 3.88. The van der Waals surface area contributed by atoms with Crippen LogP contribution in [-0.2, 0) is 11.8 Å². The maximum Gasteiger partial charge on any atom is 0.195 e. The van der Waals surface area contributed by atoms with Gasteiger partial charge in [0.15, 0.2) is 11.2 Å². The minimum Gasteiger partial charge on any atom is -0.296 e. The fourth-order valence-electron chi connectivity index (χ4n) is 2.88. The van der Waals surface area contributed by atoms with Gasteiger partial charge in [-0.3, -0.25) is 9.20 Å². The topological polar surface area (TPSA) is 34.4 Å². The second-order valence-corrected chi connectivity index (χ2v) is 7.94. The van der Waals surface area contributed by atoms with E-state index in [1.54, 1.807) is 11.3 Å². The molecule has 0 spiro atoms. The zero-order valence-electron chi connectivity index (χ0n) is 14.3. The molecule has 0 N–H and O–H groups in total. The molecule has 0 atom stereocenters. The monoisotopic (exact) mass is 326 g/mol. The van der Waals surface area contributed by atoms with Crippen molar-refractivity contribution >= 4 is 22.6 Å². The fraction of sp³-hybridized carbons (Fsp3) is 0.368. The van der Waals surface area contributed by atoms with Crippen LogP contribution in [-0.4, -0.2) is 15.7 Å². The van der Waals surface area contributed by atoms with E-state index in [0.29, 0.717) is 5.69 Å². The zero-order valence-corrected chi connectivity index (χ0v) is 15.1. The van der Waals surface area contributed by atoms with E-state index in [-0.39, 0.29) is 5.41 Å². The van der Waals surface area contributed by atoms with Gasteiger partial charge in [0.2, 0.25) is 0 Å². The molecular formula is C19H22N2OS. The number of hydrogen-bond acceptors (Lipinski definition) is 3. The number of fused-ring (bicyclic) bond motifs is 1. The lowest BCUT2D eigenvalue weighted by Gasteiger charge is -2.19. The number of thiazole rings is 1. The van der Waals surface area contributed by atoms with E-state index >= 15 is 0 Å². The summed E-state index contributed by atoms with van der Waals surface area (Å²) in [5, 5.41) is 0. The Balaban J connectivity index is 2.24. The van der Waals surface area contributed by atoms with Gasteiger partial charge in [0.1, 0.15) is 5.69 Å². The van der Waals surface area contributed by atoms with Gasteiger partial charge in [-0.25, -0.2) is 4.98 Å². The number of carbonyl (C=O) groups is 1. The van der Waals surface area contributed by atoms with Crippen molar-refractivity contribution in [3.05, 3.63) is 46.1 Å². The highest BCUT2D eigenvalue weighted by Gasteiger charge is 2.20. The molecule has 0 aliphatic rings. The zero-order chi connectivity index (χ0) is 16.8. The summed E-state index contributed by atoms with van der Waals surface area (Å²) >= 11 is 1.67. The number of carbonyl (C=O) groups excluding carboxylic acids is 1. The number of benzene rings is 1. The Hall–Kier alpha value is -1.94. The molecule has 1 aromatic carbocycles. The van der Waals surface area contributed by atoms with E-state index in [1.807, 2.05) is 11.3 Å². The van der Waals surface area contributed by atoms with Crippen molar-refractivity contribution in [3.8, 4) is 11.3 Å². The first-order chi connectivity index (χ1) is 10.9. The van der Waals surface area contributed by atoms with Gasteiger partial charge >= 0.3 is 0 Å². The van der Waals surface area contributed by atoms with E-state index in [4.69, 9.17) is 0 Å². The van der Waals surface area contributed by atoms with Crippen LogP contribution in [0.2, 0.25) is 0 Å². The molecule has 2 heterocycles. The highest BCUT2D eigenvalue weighted by Crippen LogP contribution is 2.35. The lowest BCUT2D eigenvalue weighted by molar-refractivity contribution is 0.111. The third kappa shape index (κ3) is 2.61. The van der Waals surface area contributed by atoms with Crippen LogP contribution in [0.1, 0.15) is 54.3 Å². The van der Waals surface area contributed by atoms with Crippen molar-refractivity contribution in [2.24, 2.45) is 0 Å². The molecule has 0 saturated heterocycles. The van der Waals surface area contributed by atoms with Gasteiger partial charge in [-0.2, -0.15) is 0 Å².